The van der Waals surface area contributed by atoms with E-state index < -0.39 is 0 Å². The third-order valence-electron chi connectivity index (χ3n) is 4.35. The molecule has 3 rings (SSSR count). The van der Waals surface area contributed by atoms with Gasteiger partial charge >= 0.3 is 0 Å². The van der Waals surface area contributed by atoms with Gasteiger partial charge in [0, 0.05) is 12.0 Å². The maximum absolute atomic E-state index is 12.7. The molecule has 0 aromatic heterocycles. The molecule has 0 unspecified atom stereocenters. The van der Waals surface area contributed by atoms with Crippen LogP contribution in [0.3, 0.4) is 0 Å². The number of methoxy groups -OCH3 is 3. The van der Waals surface area contributed by atoms with Crippen molar-refractivity contribution in [2.24, 2.45) is 0 Å². The quantitative estimate of drug-likeness (QED) is 0.794. The monoisotopic (exact) mass is 405 g/mol. The van der Waals surface area contributed by atoms with Crippen molar-refractivity contribution in [3.8, 4) is 17.2 Å². The molecule has 2 aromatic rings. The van der Waals surface area contributed by atoms with Crippen LogP contribution in [0.2, 0.25) is 0 Å². The maximum Gasteiger partial charge on any atom is 0.252 e. The molecule has 1 fully saturated rings. The Morgan fingerprint density at radius 2 is 1.76 bits per heavy atom. The minimum Gasteiger partial charge on any atom is -0.493 e. The van der Waals surface area contributed by atoms with Gasteiger partial charge in [-0.2, -0.15) is 0 Å². The third kappa shape index (κ3) is 3.44. The SMILES string of the molecule is COc1cc(C(=O)N[C@H]2C[C@@H]2c2ccccc2)c(Br)c(OC)c1OC. The van der Waals surface area contributed by atoms with Crippen LogP contribution in [0.5, 0.6) is 17.2 Å². The van der Waals surface area contributed by atoms with E-state index in [2.05, 4.69) is 33.4 Å². The van der Waals surface area contributed by atoms with E-state index in [4.69, 9.17) is 14.2 Å². The van der Waals surface area contributed by atoms with Crippen molar-refractivity contribution in [3.05, 3.63) is 52.0 Å². The van der Waals surface area contributed by atoms with Crippen molar-refractivity contribution in [1.82, 2.24) is 5.32 Å². The molecule has 1 N–H and O–H groups in total. The van der Waals surface area contributed by atoms with Crippen LogP contribution in [0.25, 0.3) is 0 Å². The van der Waals surface area contributed by atoms with Crippen LogP contribution in [0.1, 0.15) is 28.3 Å². The van der Waals surface area contributed by atoms with Gasteiger partial charge in [0.25, 0.3) is 5.91 Å². The lowest BCUT2D eigenvalue weighted by Crippen LogP contribution is -2.27. The number of benzene rings is 2. The molecule has 0 radical (unpaired) electrons. The number of amides is 1. The molecule has 1 aliphatic rings. The zero-order valence-electron chi connectivity index (χ0n) is 14.3. The molecule has 0 saturated heterocycles. The summed E-state index contributed by atoms with van der Waals surface area (Å²) in [5.41, 5.74) is 1.70. The Hall–Kier alpha value is -2.21. The molecule has 6 heteroatoms. The van der Waals surface area contributed by atoms with Crippen molar-refractivity contribution in [3.63, 3.8) is 0 Å². The van der Waals surface area contributed by atoms with Crippen molar-refractivity contribution in [1.29, 1.82) is 0 Å². The largest absolute Gasteiger partial charge is 0.493 e. The summed E-state index contributed by atoms with van der Waals surface area (Å²) in [6.07, 6.45) is 0.942. The lowest BCUT2D eigenvalue weighted by atomic mass is 10.1. The Balaban J connectivity index is 1.81. The van der Waals surface area contributed by atoms with E-state index in [-0.39, 0.29) is 11.9 Å². The van der Waals surface area contributed by atoms with Gasteiger partial charge in [-0.1, -0.05) is 30.3 Å². The van der Waals surface area contributed by atoms with Crippen LogP contribution in [0, 0.1) is 0 Å². The van der Waals surface area contributed by atoms with Gasteiger partial charge in [0.15, 0.2) is 11.5 Å². The molecule has 0 heterocycles. The van der Waals surface area contributed by atoms with E-state index in [1.165, 1.54) is 26.9 Å². The summed E-state index contributed by atoms with van der Waals surface area (Å²) in [7, 11) is 4.58. The zero-order chi connectivity index (χ0) is 18.0. The smallest absolute Gasteiger partial charge is 0.252 e. The number of carbonyl (C=O) groups excluding carboxylic acids is 1. The van der Waals surface area contributed by atoms with Crippen LogP contribution in [0.4, 0.5) is 0 Å². The van der Waals surface area contributed by atoms with E-state index in [0.717, 1.165) is 6.42 Å². The summed E-state index contributed by atoms with van der Waals surface area (Å²) in [5.74, 6) is 1.52. The fourth-order valence-electron chi connectivity index (χ4n) is 2.96. The van der Waals surface area contributed by atoms with Gasteiger partial charge < -0.3 is 19.5 Å². The van der Waals surface area contributed by atoms with E-state index in [1.807, 2.05) is 18.2 Å². The molecule has 0 bridgehead atoms. The van der Waals surface area contributed by atoms with Gasteiger partial charge in [0.05, 0.1) is 31.4 Å². The van der Waals surface area contributed by atoms with Gasteiger partial charge in [-0.25, -0.2) is 0 Å². The normalized spacial score (nSPS) is 18.4. The number of hydrogen-bond acceptors (Lipinski definition) is 4. The number of halogens is 1. The van der Waals surface area contributed by atoms with Gasteiger partial charge in [-0.3, -0.25) is 4.79 Å². The molecule has 5 nitrogen and oxygen atoms in total. The highest BCUT2D eigenvalue weighted by Crippen LogP contribution is 2.45. The molecular formula is C19H20BrNO4. The van der Waals surface area contributed by atoms with Crippen LogP contribution in [-0.4, -0.2) is 33.3 Å². The van der Waals surface area contributed by atoms with Gasteiger partial charge in [0.2, 0.25) is 5.75 Å². The standard InChI is InChI=1S/C19H20BrNO4/c1-23-15-10-13(16(20)18(25-3)17(15)24-2)19(22)21-14-9-12(14)11-7-5-4-6-8-11/h4-8,10,12,14H,9H2,1-3H3,(H,21,22)/t12-,14+/m1/s1. The Kier molecular flexibility index (Phi) is 5.18. The molecule has 2 aromatic carbocycles. The van der Waals surface area contributed by atoms with Gasteiger partial charge in [0.1, 0.15) is 0 Å². The Labute approximate surface area is 155 Å². The Bertz CT molecular complexity index is 779. The third-order valence-corrected chi connectivity index (χ3v) is 5.14. The lowest BCUT2D eigenvalue weighted by molar-refractivity contribution is 0.0948. The van der Waals surface area contributed by atoms with Crippen molar-refractivity contribution < 1.29 is 19.0 Å². The molecule has 0 spiro atoms. The van der Waals surface area contributed by atoms with Crippen LogP contribution in [-0.2, 0) is 0 Å². The van der Waals surface area contributed by atoms with E-state index in [9.17, 15) is 4.79 Å². The fourth-order valence-corrected chi connectivity index (χ4v) is 3.59. The van der Waals surface area contributed by atoms with Gasteiger partial charge in [-0.15, -0.1) is 0 Å². The highest BCUT2D eigenvalue weighted by molar-refractivity contribution is 9.10. The predicted octanol–water partition coefficient (Wildman–Crippen LogP) is 3.76. The van der Waals surface area contributed by atoms with E-state index >= 15 is 0 Å². The summed E-state index contributed by atoms with van der Waals surface area (Å²) >= 11 is 3.45. The molecule has 2 atom stereocenters. The second-order valence-electron chi connectivity index (χ2n) is 5.84. The van der Waals surface area contributed by atoms with E-state index in [1.54, 1.807) is 6.07 Å². The average molecular weight is 406 g/mol. The summed E-state index contributed by atoms with van der Waals surface area (Å²) in [4.78, 5) is 12.7. The average Bonchev–Trinajstić information content (AvgIpc) is 3.40. The summed E-state index contributed by atoms with van der Waals surface area (Å²) in [6.45, 7) is 0. The van der Waals surface area contributed by atoms with Crippen molar-refractivity contribution in [2.75, 3.05) is 21.3 Å². The molecule has 25 heavy (non-hydrogen) atoms. The Morgan fingerprint density at radius 3 is 2.36 bits per heavy atom. The highest BCUT2D eigenvalue weighted by atomic mass is 79.9. The van der Waals surface area contributed by atoms with Crippen LogP contribution in [0.15, 0.2) is 40.9 Å². The molecule has 0 aliphatic heterocycles. The maximum atomic E-state index is 12.7. The van der Waals surface area contributed by atoms with Crippen molar-refractivity contribution >= 4 is 21.8 Å². The topological polar surface area (TPSA) is 56.8 Å². The number of carbonyl (C=O) groups is 1. The number of rotatable bonds is 6. The Morgan fingerprint density at radius 1 is 1.08 bits per heavy atom. The predicted molar refractivity (Wildman–Crippen MR) is 98.9 cm³/mol. The number of hydrogen-bond donors (Lipinski definition) is 1. The number of ether oxygens (including phenoxy) is 3. The second kappa shape index (κ2) is 7.35. The molecule has 1 saturated carbocycles. The molecule has 132 valence electrons. The second-order valence-corrected chi connectivity index (χ2v) is 6.63. The highest BCUT2D eigenvalue weighted by Gasteiger charge is 2.40. The summed E-state index contributed by atoms with van der Waals surface area (Å²) < 4.78 is 16.6. The lowest BCUT2D eigenvalue weighted by Gasteiger charge is -2.16. The fraction of sp³-hybridized carbons (Fsp3) is 0.316. The first kappa shape index (κ1) is 17.6. The first-order chi connectivity index (χ1) is 12.1. The number of nitrogens with one attached hydrogen (secondary N) is 1. The van der Waals surface area contributed by atoms with Gasteiger partial charge in [-0.05, 0) is 34.0 Å². The molecular weight excluding hydrogens is 386 g/mol. The first-order valence-corrected chi connectivity index (χ1v) is 8.74. The molecule has 1 amide bonds. The van der Waals surface area contributed by atoms with Crippen LogP contribution >= 0.6 is 15.9 Å². The minimum atomic E-state index is -0.172. The zero-order valence-corrected chi connectivity index (χ0v) is 15.9. The summed E-state index contributed by atoms with van der Waals surface area (Å²) in [5, 5.41) is 3.08. The van der Waals surface area contributed by atoms with Crippen LogP contribution < -0.4 is 19.5 Å². The summed E-state index contributed by atoms with van der Waals surface area (Å²) in [6, 6.07) is 12.0. The minimum absolute atomic E-state index is 0.140. The first-order valence-electron chi connectivity index (χ1n) is 7.95. The van der Waals surface area contributed by atoms with E-state index in [0.29, 0.717) is 33.2 Å². The van der Waals surface area contributed by atoms with Crippen molar-refractivity contribution in [2.45, 2.75) is 18.4 Å². The molecule has 1 aliphatic carbocycles.